The highest BCUT2D eigenvalue weighted by molar-refractivity contribution is 7.98. The number of amides is 2. The molecule has 1 aliphatic heterocycles. The van der Waals surface area contributed by atoms with Gasteiger partial charge in [0.05, 0.1) is 16.1 Å². The SMILES string of the molecule is CCCCC1(CCCC)CN(c2ccccc2)c2cc(SC)c(OCC(=O)N[C@](O)(C(=O)N[C@@H](CCC)C(=O)O)c3ccccc3)cc2S(=O)(=O)N1. The Labute approximate surface area is 310 Å². The summed E-state index contributed by atoms with van der Waals surface area (Å²) in [4.78, 5) is 41.2. The minimum atomic E-state index is -4.10. The van der Waals surface area contributed by atoms with Gasteiger partial charge in [-0.05, 0) is 43.7 Å². The lowest BCUT2D eigenvalue weighted by molar-refractivity contribution is -0.154. The number of nitrogens with zero attached hydrogens (tertiary/aromatic N) is 1. The number of para-hydroxylation sites is 1. The average Bonchev–Trinajstić information content (AvgIpc) is 3.23. The topological polar surface area (TPSA) is 174 Å². The van der Waals surface area contributed by atoms with Gasteiger partial charge in [-0.3, -0.25) is 9.59 Å². The molecule has 4 rings (SSSR count). The van der Waals surface area contributed by atoms with Gasteiger partial charge in [-0.2, -0.15) is 0 Å². The number of hydrogen-bond acceptors (Lipinski definition) is 9. The predicted molar refractivity (Wildman–Crippen MR) is 202 cm³/mol. The van der Waals surface area contributed by atoms with Crippen LogP contribution in [0.4, 0.5) is 11.4 Å². The van der Waals surface area contributed by atoms with Gasteiger partial charge < -0.3 is 30.5 Å². The maximum atomic E-state index is 14.3. The summed E-state index contributed by atoms with van der Waals surface area (Å²) < 4.78 is 37.6. The van der Waals surface area contributed by atoms with E-state index in [1.165, 1.54) is 30.0 Å². The fraction of sp³-hybridized carbons (Fsp3) is 0.447. The molecule has 0 bridgehead atoms. The monoisotopic (exact) mass is 754 g/mol. The molecule has 52 heavy (non-hydrogen) atoms. The number of thioether (sulfide) groups is 1. The average molecular weight is 755 g/mol. The van der Waals surface area contributed by atoms with Crippen molar-refractivity contribution < 1.29 is 37.8 Å². The molecule has 0 unspecified atom stereocenters. The minimum absolute atomic E-state index is 0.00382. The molecule has 0 aromatic heterocycles. The number of benzene rings is 3. The van der Waals surface area contributed by atoms with Gasteiger partial charge in [0.25, 0.3) is 11.8 Å². The zero-order valence-electron chi connectivity index (χ0n) is 30.2. The highest BCUT2D eigenvalue weighted by atomic mass is 32.2. The van der Waals surface area contributed by atoms with Crippen LogP contribution in [-0.2, 0) is 30.1 Å². The number of aliphatic hydroxyl groups is 1. The van der Waals surface area contributed by atoms with E-state index in [1.807, 2.05) is 41.5 Å². The summed E-state index contributed by atoms with van der Waals surface area (Å²) in [5.41, 5.74) is -2.06. The Morgan fingerprint density at radius 2 is 1.60 bits per heavy atom. The van der Waals surface area contributed by atoms with Crippen LogP contribution in [0.2, 0.25) is 0 Å². The number of carbonyl (C=O) groups excluding carboxylic acids is 2. The molecule has 2 amide bonds. The molecule has 0 saturated carbocycles. The standard InChI is InChI=1S/C38H50N4O8S2/c1-5-8-21-37(22-9-6-2)26-42(28-19-14-11-15-20-28)30-23-32(51-4)31(24-33(30)52(48,49)41-37)50-25-34(43)40-38(47,27-17-12-10-13-18-27)36(46)39-29(16-7-3)35(44)45/h10-15,17-20,23-24,29,41,47H,5-9,16,21-22,25-26H2,1-4H3,(H,39,46)(H,40,43)(H,44,45)/t29-,38+/m0/s1. The van der Waals surface area contributed by atoms with Crippen LogP contribution in [0.3, 0.4) is 0 Å². The quantitative estimate of drug-likeness (QED) is 0.0805. The van der Waals surface area contributed by atoms with E-state index in [2.05, 4.69) is 29.2 Å². The van der Waals surface area contributed by atoms with E-state index in [1.54, 1.807) is 31.2 Å². The van der Waals surface area contributed by atoms with E-state index >= 15 is 0 Å². The summed E-state index contributed by atoms with van der Waals surface area (Å²) >= 11 is 1.31. The van der Waals surface area contributed by atoms with Crippen LogP contribution in [0.15, 0.2) is 82.6 Å². The van der Waals surface area contributed by atoms with Crippen LogP contribution >= 0.6 is 11.8 Å². The summed E-state index contributed by atoms with van der Waals surface area (Å²) in [6.07, 6.45) is 7.18. The summed E-state index contributed by atoms with van der Waals surface area (Å²) in [7, 11) is -4.10. The van der Waals surface area contributed by atoms with Crippen molar-refractivity contribution >= 4 is 50.9 Å². The van der Waals surface area contributed by atoms with E-state index in [0.29, 0.717) is 36.4 Å². The van der Waals surface area contributed by atoms with Crippen molar-refractivity contribution in [2.75, 3.05) is 24.3 Å². The summed E-state index contributed by atoms with van der Waals surface area (Å²) in [5, 5.41) is 25.8. The Hall–Kier alpha value is -4.11. The number of carboxylic acid groups (broad SMARTS) is 1. The van der Waals surface area contributed by atoms with Gasteiger partial charge >= 0.3 is 5.97 Å². The van der Waals surface area contributed by atoms with Crippen molar-refractivity contribution in [3.05, 3.63) is 78.4 Å². The first-order chi connectivity index (χ1) is 24.8. The number of anilines is 2. The van der Waals surface area contributed by atoms with E-state index in [0.717, 1.165) is 31.4 Å². The molecule has 282 valence electrons. The van der Waals surface area contributed by atoms with Crippen LogP contribution in [0.5, 0.6) is 5.75 Å². The van der Waals surface area contributed by atoms with E-state index in [4.69, 9.17) is 4.74 Å². The number of aliphatic carboxylic acids is 1. The fourth-order valence-corrected chi connectivity index (χ4v) is 8.58. The molecule has 0 fully saturated rings. The molecule has 14 heteroatoms. The molecular formula is C38H50N4O8S2. The van der Waals surface area contributed by atoms with Crippen molar-refractivity contribution in [3.63, 3.8) is 0 Å². The number of hydrogen-bond donors (Lipinski definition) is 5. The highest BCUT2D eigenvalue weighted by Gasteiger charge is 2.43. The van der Waals surface area contributed by atoms with Gasteiger partial charge in [-0.1, -0.05) is 101 Å². The molecule has 0 aliphatic carbocycles. The smallest absolute Gasteiger partial charge is 0.326 e. The molecule has 3 aromatic carbocycles. The maximum Gasteiger partial charge on any atom is 0.326 e. The third-order valence-electron chi connectivity index (χ3n) is 9.10. The van der Waals surface area contributed by atoms with E-state index in [9.17, 15) is 33.0 Å². The number of sulfonamides is 1. The molecule has 0 spiro atoms. The third kappa shape index (κ3) is 9.65. The first kappa shape index (κ1) is 40.7. The Bertz CT molecular complexity index is 1790. The molecule has 1 heterocycles. The lowest BCUT2D eigenvalue weighted by Gasteiger charge is -2.37. The zero-order valence-corrected chi connectivity index (χ0v) is 31.8. The third-order valence-corrected chi connectivity index (χ3v) is 11.5. The summed E-state index contributed by atoms with van der Waals surface area (Å²) in [6, 6.07) is 19.1. The molecule has 0 radical (unpaired) electrons. The second-order valence-electron chi connectivity index (χ2n) is 13.1. The Morgan fingerprint density at radius 3 is 2.15 bits per heavy atom. The molecule has 1 aliphatic rings. The second kappa shape index (κ2) is 18.1. The number of unbranched alkanes of at least 4 members (excludes halogenated alkanes) is 2. The number of fused-ring (bicyclic) bond motifs is 1. The highest BCUT2D eigenvalue weighted by Crippen LogP contribution is 2.44. The molecular weight excluding hydrogens is 705 g/mol. The van der Waals surface area contributed by atoms with Crippen molar-refractivity contribution in [1.82, 2.24) is 15.4 Å². The number of carbonyl (C=O) groups is 3. The fourth-order valence-electron chi connectivity index (χ4n) is 6.37. The van der Waals surface area contributed by atoms with Gasteiger partial charge in [0.1, 0.15) is 16.7 Å². The van der Waals surface area contributed by atoms with Crippen molar-refractivity contribution in [1.29, 1.82) is 0 Å². The Kier molecular flexibility index (Phi) is 14.1. The first-order valence-corrected chi connectivity index (χ1v) is 20.4. The minimum Gasteiger partial charge on any atom is -0.483 e. The largest absolute Gasteiger partial charge is 0.483 e. The molecule has 0 saturated heterocycles. The van der Waals surface area contributed by atoms with Crippen LogP contribution in [0, 0.1) is 0 Å². The normalized spacial score (nSPS) is 16.4. The molecule has 5 N–H and O–H groups in total. The summed E-state index contributed by atoms with van der Waals surface area (Å²) in [5.74, 6) is -3.20. The number of rotatable bonds is 18. The van der Waals surface area contributed by atoms with Gasteiger partial charge in [0, 0.05) is 23.9 Å². The van der Waals surface area contributed by atoms with Crippen molar-refractivity contribution in [2.45, 2.75) is 99.2 Å². The predicted octanol–water partition coefficient (Wildman–Crippen LogP) is 5.67. The number of ether oxygens (including phenoxy) is 1. The van der Waals surface area contributed by atoms with Crippen molar-refractivity contribution in [3.8, 4) is 5.75 Å². The number of carboxylic acids is 1. The molecule has 2 atom stereocenters. The van der Waals surface area contributed by atoms with Crippen LogP contribution in [0.1, 0.15) is 77.7 Å². The van der Waals surface area contributed by atoms with Crippen LogP contribution < -0.4 is 25.0 Å². The Morgan fingerprint density at radius 1 is 0.981 bits per heavy atom. The van der Waals surface area contributed by atoms with Gasteiger partial charge in [0.2, 0.25) is 15.7 Å². The Balaban J connectivity index is 1.70. The lowest BCUT2D eigenvalue weighted by Crippen LogP contribution is -2.59. The first-order valence-electron chi connectivity index (χ1n) is 17.7. The van der Waals surface area contributed by atoms with Gasteiger partial charge in [-0.15, -0.1) is 11.8 Å². The number of nitrogens with one attached hydrogen (secondary N) is 3. The van der Waals surface area contributed by atoms with Crippen LogP contribution in [0.25, 0.3) is 0 Å². The second-order valence-corrected chi connectivity index (χ2v) is 15.6. The van der Waals surface area contributed by atoms with Gasteiger partial charge in [0.15, 0.2) is 6.61 Å². The maximum absolute atomic E-state index is 14.3. The lowest BCUT2D eigenvalue weighted by atomic mass is 9.87. The van der Waals surface area contributed by atoms with Crippen molar-refractivity contribution in [2.24, 2.45) is 0 Å². The van der Waals surface area contributed by atoms with Crippen LogP contribution in [-0.4, -0.2) is 67.4 Å². The molecule has 3 aromatic rings. The van der Waals surface area contributed by atoms with E-state index in [-0.39, 0.29) is 22.6 Å². The summed E-state index contributed by atoms with van der Waals surface area (Å²) in [6.45, 7) is 5.64. The van der Waals surface area contributed by atoms with E-state index < -0.39 is 51.7 Å². The van der Waals surface area contributed by atoms with Gasteiger partial charge in [-0.25, -0.2) is 17.9 Å². The molecule has 12 nitrogen and oxygen atoms in total. The zero-order chi connectivity index (χ0) is 37.9.